The molecule has 0 saturated heterocycles. The van der Waals surface area contributed by atoms with Crippen molar-refractivity contribution in [2.45, 2.75) is 38.1 Å². The molecule has 10 heteroatoms. The molecule has 166 valence electrons. The zero-order valence-corrected chi connectivity index (χ0v) is 18.6. The van der Waals surface area contributed by atoms with Crippen LogP contribution in [0.3, 0.4) is 0 Å². The number of H-pyrrole nitrogens is 1. The van der Waals surface area contributed by atoms with Gasteiger partial charge >= 0.3 is 0 Å². The van der Waals surface area contributed by atoms with Gasteiger partial charge in [-0.15, -0.1) is 11.3 Å². The van der Waals surface area contributed by atoms with Crippen LogP contribution in [0.2, 0.25) is 0 Å². The molecule has 0 unspecified atom stereocenters. The molecular formula is C22H25N7O2S. The number of hydrogen-bond acceptors (Lipinski definition) is 6. The number of hydrogen-bond donors (Lipinski definition) is 3. The molecule has 0 spiro atoms. The number of carbonyl (C=O) groups is 2. The van der Waals surface area contributed by atoms with Gasteiger partial charge in [-0.25, -0.2) is 4.98 Å². The van der Waals surface area contributed by atoms with E-state index < -0.39 is 0 Å². The highest BCUT2D eigenvalue weighted by molar-refractivity contribution is 7.11. The first kappa shape index (κ1) is 21.7. The van der Waals surface area contributed by atoms with Crippen molar-refractivity contribution < 1.29 is 9.59 Å². The first-order chi connectivity index (χ1) is 15.5. The highest BCUT2D eigenvalue weighted by Crippen LogP contribution is 2.26. The smallest absolute Gasteiger partial charge is 0.263 e. The number of nitrogens with two attached hydrogens (primary N) is 1. The van der Waals surface area contributed by atoms with Crippen molar-refractivity contribution in [1.29, 1.82) is 0 Å². The number of carbonyl (C=O) groups excluding carboxylic acids is 2. The van der Waals surface area contributed by atoms with E-state index in [1.165, 1.54) is 11.3 Å². The molecular weight excluding hydrogens is 426 g/mol. The van der Waals surface area contributed by atoms with Gasteiger partial charge in [0.25, 0.3) is 5.91 Å². The second kappa shape index (κ2) is 9.73. The summed E-state index contributed by atoms with van der Waals surface area (Å²) in [5.41, 5.74) is 9.78. The number of imidazole rings is 1. The quantitative estimate of drug-likeness (QED) is 0.318. The maximum atomic E-state index is 12.6. The summed E-state index contributed by atoms with van der Waals surface area (Å²) in [6, 6.07) is 5.83. The first-order valence-corrected chi connectivity index (χ1v) is 11.3. The SMILES string of the molecule is Cn1ncc2cc(-c3cnc([C@H](CCCCCC(N)=O)NC(=O)c4cncs4)[nH]3)ccc21. The molecule has 0 radical (unpaired) electrons. The predicted molar refractivity (Wildman–Crippen MR) is 123 cm³/mol. The van der Waals surface area contributed by atoms with Gasteiger partial charge < -0.3 is 16.0 Å². The van der Waals surface area contributed by atoms with E-state index in [2.05, 4.69) is 31.4 Å². The van der Waals surface area contributed by atoms with Crippen LogP contribution in [-0.4, -0.2) is 36.5 Å². The third-order valence-corrected chi connectivity index (χ3v) is 6.13. The number of rotatable bonds is 10. The Morgan fingerprint density at radius 2 is 2.09 bits per heavy atom. The fourth-order valence-corrected chi connectivity index (χ4v) is 4.17. The normalized spacial score (nSPS) is 12.2. The largest absolute Gasteiger partial charge is 0.370 e. The molecule has 4 rings (SSSR count). The fraction of sp³-hybridized carbons (Fsp3) is 0.318. The lowest BCUT2D eigenvalue weighted by Crippen LogP contribution is -2.28. The molecule has 0 aliphatic heterocycles. The molecule has 1 atom stereocenters. The van der Waals surface area contributed by atoms with Crippen LogP contribution < -0.4 is 11.1 Å². The molecule has 3 aromatic heterocycles. The molecule has 1 aromatic carbocycles. The molecule has 32 heavy (non-hydrogen) atoms. The number of thiazole rings is 1. The van der Waals surface area contributed by atoms with Gasteiger partial charge in [-0.1, -0.05) is 18.9 Å². The molecule has 2 amide bonds. The summed E-state index contributed by atoms with van der Waals surface area (Å²) in [6.45, 7) is 0. The molecule has 4 aromatic rings. The van der Waals surface area contributed by atoms with E-state index in [-0.39, 0.29) is 17.9 Å². The number of nitrogens with zero attached hydrogens (tertiary/aromatic N) is 4. The van der Waals surface area contributed by atoms with Crippen molar-refractivity contribution >= 4 is 34.1 Å². The van der Waals surface area contributed by atoms with E-state index in [1.54, 1.807) is 17.9 Å². The Bertz CT molecular complexity index is 1210. The summed E-state index contributed by atoms with van der Waals surface area (Å²) in [5.74, 6) is 0.227. The van der Waals surface area contributed by atoms with Gasteiger partial charge in [0.05, 0.1) is 41.4 Å². The Hall–Kier alpha value is -3.53. The number of nitrogens with one attached hydrogen (secondary N) is 2. The van der Waals surface area contributed by atoms with Crippen molar-refractivity contribution in [1.82, 2.24) is 30.0 Å². The van der Waals surface area contributed by atoms with Crippen molar-refractivity contribution in [3.63, 3.8) is 0 Å². The van der Waals surface area contributed by atoms with Crippen LogP contribution in [0.5, 0.6) is 0 Å². The van der Waals surface area contributed by atoms with Crippen LogP contribution in [0.15, 0.2) is 42.3 Å². The summed E-state index contributed by atoms with van der Waals surface area (Å²) in [5, 5.41) is 8.40. The van der Waals surface area contributed by atoms with Crippen molar-refractivity contribution in [2.24, 2.45) is 12.8 Å². The number of aryl methyl sites for hydroxylation is 1. The van der Waals surface area contributed by atoms with E-state index in [9.17, 15) is 9.59 Å². The molecule has 0 bridgehead atoms. The third kappa shape index (κ3) is 5.02. The van der Waals surface area contributed by atoms with Crippen LogP contribution in [0.4, 0.5) is 0 Å². The molecule has 0 aliphatic rings. The zero-order chi connectivity index (χ0) is 22.5. The highest BCUT2D eigenvalue weighted by Gasteiger charge is 2.20. The average molecular weight is 452 g/mol. The number of benzene rings is 1. The minimum atomic E-state index is -0.290. The molecule has 0 saturated carbocycles. The van der Waals surface area contributed by atoms with Crippen LogP contribution in [0, 0.1) is 0 Å². The zero-order valence-electron chi connectivity index (χ0n) is 17.7. The molecule has 4 N–H and O–H groups in total. The van der Waals surface area contributed by atoms with Crippen LogP contribution in [0.1, 0.15) is 53.6 Å². The minimum absolute atomic E-state index is 0.177. The lowest BCUT2D eigenvalue weighted by Gasteiger charge is -2.16. The number of primary amides is 1. The number of unbranched alkanes of at least 4 members (excludes halogenated alkanes) is 2. The Labute approximate surface area is 189 Å². The number of aromatic nitrogens is 5. The van der Waals surface area contributed by atoms with Gasteiger partial charge in [0.15, 0.2) is 0 Å². The fourth-order valence-electron chi connectivity index (χ4n) is 3.65. The van der Waals surface area contributed by atoms with Gasteiger partial charge in [0.1, 0.15) is 10.7 Å². The minimum Gasteiger partial charge on any atom is -0.370 e. The number of fused-ring (bicyclic) bond motifs is 1. The second-order valence-electron chi connectivity index (χ2n) is 7.68. The van der Waals surface area contributed by atoms with E-state index in [4.69, 9.17) is 5.73 Å². The monoisotopic (exact) mass is 451 g/mol. The third-order valence-electron chi connectivity index (χ3n) is 5.36. The van der Waals surface area contributed by atoms with E-state index >= 15 is 0 Å². The Kier molecular flexibility index (Phi) is 6.60. The van der Waals surface area contributed by atoms with Crippen molar-refractivity contribution in [3.8, 4) is 11.3 Å². The standard InChI is InChI=1S/C22H25N7O2S/c1-29-18-8-7-14(9-15(18)10-26-29)17-11-25-21(27-17)16(5-3-2-4-6-20(23)30)28-22(31)19-12-24-13-32-19/h7-13,16H,2-6H2,1H3,(H2,23,30)(H,25,27)(H,28,31)/t16-/m0/s1. The number of aromatic amines is 1. The molecule has 0 aliphatic carbocycles. The van der Waals surface area contributed by atoms with Crippen LogP contribution in [-0.2, 0) is 11.8 Å². The van der Waals surface area contributed by atoms with Gasteiger partial charge in [0.2, 0.25) is 5.91 Å². The predicted octanol–water partition coefficient (Wildman–Crippen LogP) is 3.33. The molecule has 0 fully saturated rings. The summed E-state index contributed by atoms with van der Waals surface area (Å²) in [7, 11) is 1.91. The van der Waals surface area contributed by atoms with Crippen LogP contribution >= 0.6 is 11.3 Å². The average Bonchev–Trinajstić information content (AvgIpc) is 3.54. The van der Waals surface area contributed by atoms with E-state index in [1.807, 2.05) is 30.1 Å². The van der Waals surface area contributed by atoms with Gasteiger partial charge in [-0.05, 0) is 25.0 Å². The van der Waals surface area contributed by atoms with Gasteiger partial charge in [0, 0.05) is 24.4 Å². The van der Waals surface area contributed by atoms with E-state index in [0.29, 0.717) is 23.5 Å². The van der Waals surface area contributed by atoms with Crippen LogP contribution in [0.25, 0.3) is 22.2 Å². The number of amides is 2. The summed E-state index contributed by atoms with van der Waals surface area (Å²) in [4.78, 5) is 36.1. The summed E-state index contributed by atoms with van der Waals surface area (Å²) < 4.78 is 1.83. The van der Waals surface area contributed by atoms with Gasteiger partial charge in [-0.2, -0.15) is 5.10 Å². The highest BCUT2D eigenvalue weighted by atomic mass is 32.1. The summed E-state index contributed by atoms with van der Waals surface area (Å²) >= 11 is 1.30. The molecule has 3 heterocycles. The lowest BCUT2D eigenvalue weighted by atomic mass is 10.1. The van der Waals surface area contributed by atoms with Crippen molar-refractivity contribution in [2.75, 3.05) is 0 Å². The topological polar surface area (TPSA) is 132 Å². The Balaban J connectivity index is 1.50. The van der Waals surface area contributed by atoms with E-state index in [0.717, 1.165) is 41.4 Å². The first-order valence-electron chi connectivity index (χ1n) is 10.5. The lowest BCUT2D eigenvalue weighted by molar-refractivity contribution is -0.118. The maximum Gasteiger partial charge on any atom is 0.263 e. The second-order valence-corrected chi connectivity index (χ2v) is 8.57. The maximum absolute atomic E-state index is 12.6. The van der Waals surface area contributed by atoms with Gasteiger partial charge in [-0.3, -0.25) is 19.3 Å². The van der Waals surface area contributed by atoms with Crippen molar-refractivity contribution in [3.05, 3.63) is 53.0 Å². The Morgan fingerprint density at radius 1 is 1.22 bits per heavy atom. The Morgan fingerprint density at radius 3 is 2.88 bits per heavy atom. The molecule has 9 nitrogen and oxygen atoms in total. The summed E-state index contributed by atoms with van der Waals surface area (Å²) in [6.07, 6.45) is 8.66.